The number of nitrogens with one attached hydrogen (secondary N) is 4. The van der Waals surface area contributed by atoms with Crippen molar-refractivity contribution < 1.29 is 4.79 Å². The predicted molar refractivity (Wildman–Crippen MR) is 149 cm³/mol. The molecule has 194 valence electrons. The highest BCUT2D eigenvalue weighted by Gasteiger charge is 2.20. The maximum atomic E-state index is 12.6. The van der Waals surface area contributed by atoms with E-state index in [1.165, 1.54) is 25.1 Å². The van der Waals surface area contributed by atoms with Crippen molar-refractivity contribution in [2.75, 3.05) is 32.7 Å². The molecule has 2 aromatic rings. The fourth-order valence-corrected chi connectivity index (χ4v) is 5.25. The van der Waals surface area contributed by atoms with Crippen molar-refractivity contribution >= 4 is 29.1 Å². The minimum absolute atomic E-state index is 0.0849. The molecule has 4 rings (SSSR count). The Kier molecular flexibility index (Phi) is 9.93. The quantitative estimate of drug-likeness (QED) is 0.389. The Labute approximate surface area is 224 Å². The molecule has 2 atom stereocenters. The van der Waals surface area contributed by atoms with E-state index in [9.17, 15) is 4.79 Å². The van der Waals surface area contributed by atoms with Gasteiger partial charge in [0, 0.05) is 60.4 Å². The van der Waals surface area contributed by atoms with Crippen molar-refractivity contribution in [1.29, 1.82) is 0 Å². The van der Waals surface area contributed by atoms with Crippen LogP contribution in [0.5, 0.6) is 0 Å². The number of hydrogen-bond acceptors (Lipinski definition) is 5. The summed E-state index contributed by atoms with van der Waals surface area (Å²) in [7, 11) is 0. The number of piperazine rings is 1. The number of piperidine rings is 1. The Morgan fingerprint density at radius 3 is 2.64 bits per heavy atom. The zero-order valence-electron chi connectivity index (χ0n) is 21.0. The van der Waals surface area contributed by atoms with Gasteiger partial charge in [0.1, 0.15) is 0 Å². The van der Waals surface area contributed by atoms with Crippen LogP contribution in [0.2, 0.25) is 10.0 Å². The fraction of sp³-hybridized carbons (Fsp3) is 0.464. The summed E-state index contributed by atoms with van der Waals surface area (Å²) in [6.45, 7) is 7.53. The Bertz CT molecular complexity index is 1040. The molecule has 36 heavy (non-hydrogen) atoms. The summed E-state index contributed by atoms with van der Waals surface area (Å²) < 4.78 is 0. The Balaban J connectivity index is 1.31. The van der Waals surface area contributed by atoms with Crippen molar-refractivity contribution in [3.63, 3.8) is 0 Å². The van der Waals surface area contributed by atoms with E-state index in [1.807, 2.05) is 36.4 Å². The molecule has 0 radical (unpaired) electrons. The summed E-state index contributed by atoms with van der Waals surface area (Å²) in [6, 6.07) is 14.1. The Morgan fingerprint density at radius 2 is 1.92 bits per heavy atom. The minimum atomic E-state index is -0.0849. The standard InChI is InChI=1S/C28H37Cl2N5O/c1-20-19-35(15-14-31-20)27(17-25-4-2-3-12-32-25)34-18-21-5-7-23(8-6-21)28(36)33-13-11-22-9-10-24(29)16-26(22)30/h5-10,16-17,20,25,31-32,34H,2-4,11-15,18-19H2,1H3,(H,33,36)/b27-17-/t20-,25?/m0/s1. The molecule has 0 saturated carbocycles. The van der Waals surface area contributed by atoms with Gasteiger partial charge < -0.3 is 26.2 Å². The van der Waals surface area contributed by atoms with Gasteiger partial charge >= 0.3 is 0 Å². The van der Waals surface area contributed by atoms with Crippen LogP contribution in [0.3, 0.4) is 0 Å². The first kappa shape index (κ1) is 26.8. The van der Waals surface area contributed by atoms with Gasteiger partial charge in [-0.2, -0.15) is 0 Å². The van der Waals surface area contributed by atoms with Crippen LogP contribution in [0.4, 0.5) is 0 Å². The molecule has 8 heteroatoms. The van der Waals surface area contributed by atoms with Crippen LogP contribution in [-0.4, -0.2) is 55.6 Å². The van der Waals surface area contributed by atoms with Crippen molar-refractivity contribution in [3.05, 3.63) is 81.1 Å². The smallest absolute Gasteiger partial charge is 0.251 e. The summed E-state index contributed by atoms with van der Waals surface area (Å²) in [5, 5.41) is 15.1. The molecule has 0 spiro atoms. The number of amides is 1. The van der Waals surface area contributed by atoms with E-state index in [1.54, 1.807) is 6.07 Å². The first-order valence-electron chi connectivity index (χ1n) is 13.0. The molecule has 0 bridgehead atoms. The average molecular weight is 531 g/mol. The second-order valence-corrected chi connectivity index (χ2v) is 10.5. The zero-order chi connectivity index (χ0) is 25.3. The third kappa shape index (κ3) is 7.87. The molecule has 2 aliphatic rings. The third-order valence-corrected chi connectivity index (χ3v) is 7.39. The van der Waals surface area contributed by atoms with Crippen LogP contribution >= 0.6 is 23.2 Å². The van der Waals surface area contributed by atoms with Gasteiger partial charge in [-0.3, -0.25) is 4.79 Å². The molecule has 1 unspecified atom stereocenters. The van der Waals surface area contributed by atoms with Crippen LogP contribution in [0.15, 0.2) is 54.4 Å². The van der Waals surface area contributed by atoms with Gasteiger partial charge in [0.25, 0.3) is 5.91 Å². The number of halogens is 2. The van der Waals surface area contributed by atoms with Crippen molar-refractivity contribution in [1.82, 2.24) is 26.2 Å². The summed E-state index contributed by atoms with van der Waals surface area (Å²) >= 11 is 12.2. The zero-order valence-corrected chi connectivity index (χ0v) is 22.5. The van der Waals surface area contributed by atoms with E-state index in [2.05, 4.69) is 39.2 Å². The summed E-state index contributed by atoms with van der Waals surface area (Å²) in [4.78, 5) is 15.1. The lowest BCUT2D eigenvalue weighted by Gasteiger charge is -2.36. The fourth-order valence-electron chi connectivity index (χ4n) is 4.74. The van der Waals surface area contributed by atoms with E-state index < -0.39 is 0 Å². The van der Waals surface area contributed by atoms with Crippen molar-refractivity contribution in [2.45, 2.75) is 51.2 Å². The number of rotatable bonds is 9. The van der Waals surface area contributed by atoms with Crippen LogP contribution in [0, 0.1) is 0 Å². The lowest BCUT2D eigenvalue weighted by Crippen LogP contribution is -2.51. The maximum Gasteiger partial charge on any atom is 0.251 e. The second-order valence-electron chi connectivity index (χ2n) is 9.70. The molecule has 6 nitrogen and oxygen atoms in total. The molecular weight excluding hydrogens is 493 g/mol. The molecule has 2 fully saturated rings. The highest BCUT2D eigenvalue weighted by atomic mass is 35.5. The van der Waals surface area contributed by atoms with Crippen LogP contribution in [-0.2, 0) is 13.0 Å². The van der Waals surface area contributed by atoms with E-state index in [0.717, 1.165) is 37.3 Å². The predicted octanol–water partition coefficient (Wildman–Crippen LogP) is 4.33. The molecule has 2 saturated heterocycles. The summed E-state index contributed by atoms with van der Waals surface area (Å²) in [5.41, 5.74) is 2.76. The number of benzene rings is 2. The van der Waals surface area contributed by atoms with E-state index in [0.29, 0.717) is 47.2 Å². The second kappa shape index (κ2) is 13.3. The molecule has 2 heterocycles. The molecule has 2 aromatic carbocycles. The first-order valence-corrected chi connectivity index (χ1v) is 13.7. The maximum absolute atomic E-state index is 12.6. The monoisotopic (exact) mass is 529 g/mol. The highest BCUT2D eigenvalue weighted by Crippen LogP contribution is 2.21. The Hall–Kier alpha value is -2.25. The lowest BCUT2D eigenvalue weighted by molar-refractivity contribution is 0.0954. The van der Waals surface area contributed by atoms with Gasteiger partial charge in [-0.05, 0) is 74.2 Å². The van der Waals surface area contributed by atoms with Gasteiger partial charge in [0.05, 0.1) is 5.82 Å². The molecule has 2 aliphatic heterocycles. The van der Waals surface area contributed by atoms with Crippen LogP contribution in [0.25, 0.3) is 0 Å². The number of carbonyl (C=O) groups is 1. The SMILES string of the molecule is C[C@H]1CN(/C(=C\C2CCCCN2)NCc2ccc(C(=O)NCCc3ccc(Cl)cc3Cl)cc2)CCN1. The molecule has 0 aliphatic carbocycles. The largest absolute Gasteiger partial charge is 0.368 e. The van der Waals surface area contributed by atoms with E-state index in [4.69, 9.17) is 23.2 Å². The van der Waals surface area contributed by atoms with Gasteiger partial charge in [-0.15, -0.1) is 0 Å². The highest BCUT2D eigenvalue weighted by molar-refractivity contribution is 6.35. The molecule has 0 aromatic heterocycles. The Morgan fingerprint density at radius 1 is 1.08 bits per heavy atom. The van der Waals surface area contributed by atoms with Gasteiger partial charge in [0.15, 0.2) is 0 Å². The first-order chi connectivity index (χ1) is 17.5. The van der Waals surface area contributed by atoms with Crippen molar-refractivity contribution in [3.8, 4) is 0 Å². The van der Waals surface area contributed by atoms with E-state index in [-0.39, 0.29) is 5.91 Å². The third-order valence-electron chi connectivity index (χ3n) is 6.80. The molecule has 4 N–H and O–H groups in total. The van der Waals surface area contributed by atoms with Gasteiger partial charge in [0.2, 0.25) is 0 Å². The lowest BCUT2D eigenvalue weighted by atomic mass is 10.0. The summed E-state index contributed by atoms with van der Waals surface area (Å²) in [5.74, 6) is 1.11. The normalized spacial score (nSPS) is 20.8. The van der Waals surface area contributed by atoms with Crippen LogP contribution in [0.1, 0.15) is 47.7 Å². The van der Waals surface area contributed by atoms with Crippen LogP contribution < -0.4 is 21.3 Å². The number of carbonyl (C=O) groups excluding carboxylic acids is 1. The van der Waals surface area contributed by atoms with Gasteiger partial charge in [-0.25, -0.2) is 0 Å². The molecular formula is C28H37Cl2N5O. The number of nitrogens with zero attached hydrogens (tertiary/aromatic N) is 1. The number of hydrogen-bond donors (Lipinski definition) is 4. The van der Waals surface area contributed by atoms with E-state index >= 15 is 0 Å². The summed E-state index contributed by atoms with van der Waals surface area (Å²) in [6.07, 6.45) is 6.73. The minimum Gasteiger partial charge on any atom is -0.368 e. The van der Waals surface area contributed by atoms with Crippen molar-refractivity contribution in [2.24, 2.45) is 0 Å². The molecule has 1 amide bonds. The average Bonchev–Trinajstić information content (AvgIpc) is 2.88. The topological polar surface area (TPSA) is 68.4 Å². The van der Waals surface area contributed by atoms with Gasteiger partial charge in [-0.1, -0.05) is 47.8 Å².